The van der Waals surface area contributed by atoms with Gasteiger partial charge in [-0.2, -0.15) is 0 Å². The standard InChI is InChI=1S/C30H35BN2O4/c1-17-7-5-9-20(11-17)13-26(31-36-25-15-22-14-23-28(22)29(23)30(25,4)37-31)33-27(35)16-24(32-19(3)34)21-10-6-8-18(2)12-21/h5-12,22,24-26,29H,13-16H2,1-4H3,(H,32,34)(H,33,35)/t22?,24?,25-,26+,29?,30-/m1/s1. The van der Waals surface area contributed by atoms with Crippen LogP contribution < -0.4 is 10.6 Å². The molecule has 1 heterocycles. The summed E-state index contributed by atoms with van der Waals surface area (Å²) < 4.78 is 13.3. The van der Waals surface area contributed by atoms with E-state index in [4.69, 9.17) is 9.31 Å². The van der Waals surface area contributed by atoms with Crippen molar-refractivity contribution in [2.24, 2.45) is 11.8 Å². The second-order valence-corrected chi connectivity index (χ2v) is 11.6. The molecule has 1 aliphatic heterocycles. The van der Waals surface area contributed by atoms with Gasteiger partial charge >= 0.3 is 7.12 Å². The lowest BCUT2D eigenvalue weighted by Gasteiger charge is -2.36. The fourth-order valence-corrected chi connectivity index (χ4v) is 6.90. The molecule has 3 unspecified atom stereocenters. The normalized spacial score (nSPS) is 28.5. The summed E-state index contributed by atoms with van der Waals surface area (Å²) in [6.45, 7) is 7.75. The van der Waals surface area contributed by atoms with Crippen LogP contribution >= 0.6 is 0 Å². The van der Waals surface area contributed by atoms with Crippen LogP contribution in [-0.4, -0.2) is 36.6 Å². The highest BCUT2D eigenvalue weighted by atomic mass is 16.7. The average Bonchev–Trinajstić information content (AvgIpc) is 3.34. The number of rotatable bonds is 8. The first-order chi connectivity index (χ1) is 17.7. The smallest absolute Gasteiger partial charge is 0.404 e. The van der Waals surface area contributed by atoms with Gasteiger partial charge in [-0.25, -0.2) is 0 Å². The maximum Gasteiger partial charge on any atom is 0.482 e. The second kappa shape index (κ2) is 9.14. The number of amides is 2. The third-order valence-corrected chi connectivity index (χ3v) is 8.66. The number of fused-ring (bicyclic) bond motifs is 3. The minimum absolute atomic E-state index is 0.0487. The predicted molar refractivity (Wildman–Crippen MR) is 143 cm³/mol. The number of aryl methyl sites for hydroxylation is 2. The maximum atomic E-state index is 13.5. The zero-order valence-electron chi connectivity index (χ0n) is 22.0. The number of hydrogen-bond acceptors (Lipinski definition) is 4. The van der Waals surface area contributed by atoms with Crippen molar-refractivity contribution in [2.45, 2.75) is 77.1 Å². The Kier molecular flexibility index (Phi) is 6.04. The Bertz CT molecular complexity index is 1290. The van der Waals surface area contributed by atoms with Crippen molar-refractivity contribution in [2.75, 3.05) is 0 Å². The lowest BCUT2D eigenvalue weighted by molar-refractivity contribution is -0.123. The molecule has 0 bridgehead atoms. The zero-order valence-corrected chi connectivity index (χ0v) is 22.0. The Morgan fingerprint density at radius 2 is 1.86 bits per heavy atom. The first kappa shape index (κ1) is 24.4. The van der Waals surface area contributed by atoms with E-state index in [1.54, 1.807) is 11.1 Å². The van der Waals surface area contributed by atoms with Crippen molar-refractivity contribution >= 4 is 18.9 Å². The van der Waals surface area contributed by atoms with Crippen LogP contribution in [-0.2, 0) is 25.3 Å². The summed E-state index contributed by atoms with van der Waals surface area (Å²) in [4.78, 5) is 25.4. The molecule has 2 aromatic carbocycles. The Balaban J connectivity index is 1.21. The molecule has 2 aromatic rings. The minimum Gasteiger partial charge on any atom is -0.404 e. The summed E-state index contributed by atoms with van der Waals surface area (Å²) in [5.41, 5.74) is 7.16. The zero-order chi connectivity index (χ0) is 25.9. The Labute approximate surface area is 219 Å². The molecule has 4 aliphatic rings. The largest absolute Gasteiger partial charge is 0.482 e. The molecule has 0 spiro atoms. The second-order valence-electron chi connectivity index (χ2n) is 11.6. The molecular formula is C30H35BN2O4. The number of nitrogens with one attached hydrogen (secondary N) is 2. The van der Waals surface area contributed by atoms with E-state index in [1.165, 1.54) is 18.9 Å². The topological polar surface area (TPSA) is 76.7 Å². The van der Waals surface area contributed by atoms with Gasteiger partial charge in [0.05, 0.1) is 30.1 Å². The molecule has 2 N–H and O–H groups in total. The van der Waals surface area contributed by atoms with Crippen molar-refractivity contribution in [3.63, 3.8) is 0 Å². The van der Waals surface area contributed by atoms with Crippen LogP contribution in [0.15, 0.2) is 59.7 Å². The molecule has 6 rings (SSSR count). The predicted octanol–water partition coefficient (Wildman–Crippen LogP) is 4.15. The van der Waals surface area contributed by atoms with Gasteiger partial charge in [-0.1, -0.05) is 70.8 Å². The van der Waals surface area contributed by atoms with Gasteiger partial charge in [0.2, 0.25) is 11.8 Å². The van der Waals surface area contributed by atoms with Crippen LogP contribution in [0.5, 0.6) is 0 Å². The SMILES string of the molecule is CC(=O)NC(CC(=O)N[C@@H](Cc1cccc(C)c1)B1O[C@@H]2CC3CC4=C3C4[C@]2(C)O1)c1cccc(C)c1. The number of benzene rings is 2. The van der Waals surface area contributed by atoms with Gasteiger partial charge in [-0.05, 0) is 57.1 Å². The monoisotopic (exact) mass is 498 g/mol. The summed E-state index contributed by atoms with van der Waals surface area (Å²) >= 11 is 0. The van der Waals surface area contributed by atoms with Crippen molar-refractivity contribution in [1.29, 1.82) is 0 Å². The average molecular weight is 498 g/mol. The van der Waals surface area contributed by atoms with Crippen molar-refractivity contribution < 1.29 is 18.9 Å². The van der Waals surface area contributed by atoms with E-state index in [-0.39, 0.29) is 35.9 Å². The third kappa shape index (κ3) is 4.53. The molecule has 37 heavy (non-hydrogen) atoms. The molecule has 6 atom stereocenters. The van der Waals surface area contributed by atoms with E-state index >= 15 is 0 Å². The van der Waals surface area contributed by atoms with Crippen LogP contribution in [0.25, 0.3) is 0 Å². The molecule has 6 nitrogen and oxygen atoms in total. The summed E-state index contributed by atoms with van der Waals surface area (Å²) in [5, 5.41) is 6.19. The molecule has 192 valence electrons. The van der Waals surface area contributed by atoms with E-state index in [1.807, 2.05) is 37.3 Å². The highest BCUT2D eigenvalue weighted by molar-refractivity contribution is 6.48. The van der Waals surface area contributed by atoms with E-state index < -0.39 is 13.2 Å². The van der Waals surface area contributed by atoms with E-state index in [9.17, 15) is 9.59 Å². The summed E-state index contributed by atoms with van der Waals surface area (Å²) in [5.74, 6) is 0.458. The van der Waals surface area contributed by atoms with Gasteiger partial charge in [-0.3, -0.25) is 9.59 Å². The maximum absolute atomic E-state index is 13.5. The lowest BCUT2D eigenvalue weighted by Crippen LogP contribution is -2.50. The number of carbonyl (C=O) groups is 2. The molecule has 1 saturated carbocycles. The van der Waals surface area contributed by atoms with Crippen molar-refractivity contribution in [1.82, 2.24) is 10.6 Å². The fraction of sp³-hybridized carbons (Fsp3) is 0.467. The van der Waals surface area contributed by atoms with Gasteiger partial charge in [0, 0.05) is 12.8 Å². The van der Waals surface area contributed by atoms with Crippen LogP contribution in [0.1, 0.15) is 61.4 Å². The van der Waals surface area contributed by atoms with Crippen LogP contribution in [0.4, 0.5) is 0 Å². The van der Waals surface area contributed by atoms with Gasteiger partial charge < -0.3 is 19.9 Å². The molecule has 2 fully saturated rings. The van der Waals surface area contributed by atoms with Crippen LogP contribution in [0.3, 0.4) is 0 Å². The summed E-state index contributed by atoms with van der Waals surface area (Å²) in [6, 6.07) is 15.9. The van der Waals surface area contributed by atoms with Crippen LogP contribution in [0, 0.1) is 25.7 Å². The van der Waals surface area contributed by atoms with Crippen molar-refractivity contribution in [3.8, 4) is 0 Å². The molecule has 2 amide bonds. The van der Waals surface area contributed by atoms with Gasteiger partial charge in [-0.15, -0.1) is 0 Å². The third-order valence-electron chi connectivity index (χ3n) is 8.66. The van der Waals surface area contributed by atoms with Crippen LogP contribution in [0.2, 0.25) is 0 Å². The van der Waals surface area contributed by atoms with E-state index in [2.05, 4.69) is 42.7 Å². The van der Waals surface area contributed by atoms with Crippen molar-refractivity contribution in [3.05, 3.63) is 81.9 Å². The Morgan fingerprint density at radius 1 is 1.11 bits per heavy atom. The highest BCUT2D eigenvalue weighted by Crippen LogP contribution is 2.70. The highest BCUT2D eigenvalue weighted by Gasteiger charge is 2.69. The molecule has 0 radical (unpaired) electrons. The van der Waals surface area contributed by atoms with Gasteiger partial charge in [0.1, 0.15) is 0 Å². The Hall–Kier alpha value is -2.90. The number of hydrogen-bond donors (Lipinski definition) is 2. The lowest BCUT2D eigenvalue weighted by atomic mass is 9.74. The molecule has 1 saturated heterocycles. The van der Waals surface area contributed by atoms with Gasteiger partial charge in [0.25, 0.3) is 0 Å². The summed E-state index contributed by atoms with van der Waals surface area (Å²) in [6.07, 6.45) is 3.01. The first-order valence-electron chi connectivity index (χ1n) is 13.5. The molecular weight excluding hydrogens is 463 g/mol. The number of carbonyl (C=O) groups excluding carboxylic acids is 2. The molecule has 0 aromatic heterocycles. The summed E-state index contributed by atoms with van der Waals surface area (Å²) in [7, 11) is -0.516. The molecule has 3 aliphatic carbocycles. The van der Waals surface area contributed by atoms with E-state index in [0.29, 0.717) is 18.3 Å². The minimum atomic E-state index is -0.516. The molecule has 7 heteroatoms. The quantitative estimate of drug-likeness (QED) is 0.424. The van der Waals surface area contributed by atoms with E-state index in [0.717, 1.165) is 23.1 Å². The van der Waals surface area contributed by atoms with Gasteiger partial charge in [0.15, 0.2) is 0 Å². The Morgan fingerprint density at radius 3 is 2.59 bits per heavy atom. The first-order valence-corrected chi connectivity index (χ1v) is 13.5. The fourth-order valence-electron chi connectivity index (χ4n) is 6.90.